The van der Waals surface area contributed by atoms with Gasteiger partial charge in [-0.15, -0.1) is 0 Å². The zero-order valence-corrected chi connectivity index (χ0v) is 14.6. The molecule has 0 amide bonds. The molecule has 0 saturated heterocycles. The number of hydrogen-bond donors (Lipinski definition) is 1. The highest BCUT2D eigenvalue weighted by atomic mass is 35.5. The number of nitrogens with one attached hydrogen (secondary N) is 1. The van der Waals surface area contributed by atoms with E-state index in [0.717, 1.165) is 30.3 Å². The van der Waals surface area contributed by atoms with Crippen molar-refractivity contribution in [3.8, 4) is 5.75 Å². The van der Waals surface area contributed by atoms with Crippen molar-refractivity contribution in [3.63, 3.8) is 0 Å². The summed E-state index contributed by atoms with van der Waals surface area (Å²) in [4.78, 5) is 5.00. The van der Waals surface area contributed by atoms with Gasteiger partial charge in [-0.25, -0.2) is 4.39 Å². The normalized spacial score (nSPS) is 11.4. The molecule has 2 rings (SSSR count). The predicted molar refractivity (Wildman–Crippen MR) is 87.3 cm³/mol. The fraction of sp³-hybridized carbons (Fsp3) is 0.133. The van der Waals surface area contributed by atoms with E-state index in [0.29, 0.717) is 0 Å². The van der Waals surface area contributed by atoms with Gasteiger partial charge in [-0.2, -0.15) is 26.4 Å². The maximum Gasteiger partial charge on any atom is 0.417 e. The third-order valence-electron chi connectivity index (χ3n) is 2.78. The molecule has 2 aromatic rings. The molecule has 1 N–H and O–H groups in total. The summed E-state index contributed by atoms with van der Waals surface area (Å²) in [6.07, 6.45) is -4.54. The molecule has 0 radical (unpaired) electrons. The maximum absolute atomic E-state index is 13.0. The van der Waals surface area contributed by atoms with E-state index in [1.807, 2.05) is 0 Å². The van der Waals surface area contributed by atoms with Crippen molar-refractivity contribution in [2.45, 2.75) is 13.1 Å². The monoisotopic (exact) mass is 410 g/mol. The highest BCUT2D eigenvalue weighted by Crippen LogP contribution is 2.33. The lowest BCUT2D eigenvalue weighted by molar-refractivity contribution is -0.137. The van der Waals surface area contributed by atoms with Gasteiger partial charge in [-0.3, -0.25) is 0 Å². The number of rotatable bonds is 3. The molecule has 0 aliphatic heterocycles. The number of benzene rings is 2. The van der Waals surface area contributed by atoms with Crippen LogP contribution in [0.4, 0.5) is 17.6 Å². The van der Waals surface area contributed by atoms with Gasteiger partial charge in [0.2, 0.25) is 0 Å². The molecule has 0 spiro atoms. The zero-order valence-electron chi connectivity index (χ0n) is 13.0. The molecule has 0 saturated carbocycles. The molecule has 2 aromatic carbocycles. The lowest BCUT2D eigenvalue weighted by Gasteiger charge is -2.12. The first-order chi connectivity index (χ1) is 12.0. The molecule has 26 heavy (non-hydrogen) atoms. The number of halogens is 5. The Morgan fingerprint density at radius 3 is 2.19 bits per heavy atom. The number of hydrogen-bond acceptors (Lipinski definition) is 5. The Morgan fingerprint density at radius 2 is 1.69 bits per heavy atom. The molecule has 5 nitrogen and oxygen atoms in total. The Bertz CT molecular complexity index is 892. The van der Waals surface area contributed by atoms with Crippen LogP contribution in [0.25, 0.3) is 0 Å². The van der Waals surface area contributed by atoms with E-state index in [4.69, 9.17) is 29.6 Å². The van der Waals surface area contributed by atoms with Crippen LogP contribution >= 0.6 is 11.6 Å². The maximum atomic E-state index is 13.0. The molecule has 0 aromatic heterocycles. The van der Waals surface area contributed by atoms with Crippen molar-refractivity contribution in [3.05, 3.63) is 64.4 Å². The van der Waals surface area contributed by atoms with E-state index in [1.165, 1.54) is 19.1 Å². The van der Waals surface area contributed by atoms with Crippen LogP contribution in [0.15, 0.2) is 47.6 Å². The summed E-state index contributed by atoms with van der Waals surface area (Å²) in [6, 6.07) is 8.14. The Balaban J connectivity index is 0.000000765. The number of nitrogens with zero attached hydrogens (tertiary/aromatic N) is 1. The van der Waals surface area contributed by atoms with Crippen LogP contribution in [0.2, 0.25) is 5.02 Å². The second-order valence-corrected chi connectivity index (χ2v) is 5.55. The van der Waals surface area contributed by atoms with Crippen LogP contribution < -0.4 is 4.84 Å². The van der Waals surface area contributed by atoms with Crippen molar-refractivity contribution in [1.29, 1.82) is 4.78 Å². The van der Waals surface area contributed by atoms with E-state index >= 15 is 0 Å². The molecule has 140 valence electrons. The molecular formula is C15H11ClF4N2O3S. The van der Waals surface area contributed by atoms with E-state index in [1.54, 1.807) is 0 Å². The number of oxime groups is 1. The third kappa shape index (κ3) is 7.19. The van der Waals surface area contributed by atoms with Crippen molar-refractivity contribution in [2.75, 3.05) is 0 Å². The van der Waals surface area contributed by atoms with Crippen LogP contribution in [-0.2, 0) is 16.7 Å². The zero-order chi connectivity index (χ0) is 19.9. The summed E-state index contributed by atoms with van der Waals surface area (Å²) in [5, 5.41) is 3.80. The van der Waals surface area contributed by atoms with Crippen LogP contribution in [0.5, 0.6) is 5.75 Å². The summed E-state index contributed by atoms with van der Waals surface area (Å²) in [5.41, 5.74) is -1.04. The Hall–Kier alpha value is -2.46. The molecule has 0 unspecified atom stereocenters. The van der Waals surface area contributed by atoms with Crippen LogP contribution in [0.3, 0.4) is 0 Å². The minimum Gasteiger partial charge on any atom is -0.357 e. The average molecular weight is 411 g/mol. The Labute approximate surface area is 152 Å². The SMILES string of the molecule is C/C(=N\Oc1ccc(F)cc1)c1cc(Cl)ccc1C(F)(F)F.N=S(=O)=O. The van der Waals surface area contributed by atoms with Crippen molar-refractivity contribution < 1.29 is 30.8 Å². The van der Waals surface area contributed by atoms with Gasteiger partial charge in [-0.1, -0.05) is 16.8 Å². The van der Waals surface area contributed by atoms with Gasteiger partial charge in [0.05, 0.1) is 11.3 Å². The summed E-state index contributed by atoms with van der Waals surface area (Å²) in [5.74, 6) is -0.251. The third-order valence-corrected chi connectivity index (χ3v) is 3.01. The minimum atomic E-state index is -4.54. The fourth-order valence-electron chi connectivity index (χ4n) is 1.73. The summed E-state index contributed by atoms with van der Waals surface area (Å²) in [7, 11) is -2.61. The first-order valence-electron chi connectivity index (χ1n) is 6.65. The molecule has 0 bridgehead atoms. The van der Waals surface area contributed by atoms with E-state index < -0.39 is 28.1 Å². The quantitative estimate of drug-likeness (QED) is 0.442. The molecule has 0 fully saturated rings. The van der Waals surface area contributed by atoms with Gasteiger partial charge in [0.25, 0.3) is 0 Å². The highest BCUT2D eigenvalue weighted by Gasteiger charge is 2.34. The lowest BCUT2D eigenvalue weighted by Crippen LogP contribution is -2.12. The molecule has 11 heteroatoms. The smallest absolute Gasteiger partial charge is 0.357 e. The Morgan fingerprint density at radius 1 is 1.15 bits per heavy atom. The first-order valence-corrected chi connectivity index (χ1v) is 8.10. The van der Waals surface area contributed by atoms with Gasteiger partial charge < -0.3 is 4.84 Å². The summed E-state index contributed by atoms with van der Waals surface area (Å²) in [6.45, 7) is 1.37. The molecule has 0 aliphatic rings. The van der Waals surface area contributed by atoms with Crippen LogP contribution in [0, 0.1) is 10.6 Å². The van der Waals surface area contributed by atoms with Crippen LogP contribution in [-0.4, -0.2) is 14.1 Å². The first kappa shape index (κ1) is 21.6. The Kier molecular flexibility index (Phi) is 7.72. The molecule has 0 atom stereocenters. The van der Waals surface area contributed by atoms with Gasteiger partial charge in [0.15, 0.2) is 5.75 Å². The molecule has 0 aliphatic carbocycles. The minimum absolute atomic E-state index is 0.000787. The topological polar surface area (TPSA) is 79.6 Å². The largest absolute Gasteiger partial charge is 0.417 e. The van der Waals surface area contributed by atoms with Gasteiger partial charge in [0.1, 0.15) is 5.82 Å². The predicted octanol–water partition coefficient (Wildman–Crippen LogP) is 4.93. The summed E-state index contributed by atoms with van der Waals surface area (Å²) >= 11 is 5.74. The fourth-order valence-corrected chi connectivity index (χ4v) is 1.90. The van der Waals surface area contributed by atoms with Crippen molar-refractivity contribution >= 4 is 27.8 Å². The van der Waals surface area contributed by atoms with E-state index in [-0.39, 0.29) is 22.0 Å². The van der Waals surface area contributed by atoms with Gasteiger partial charge >= 0.3 is 16.7 Å². The van der Waals surface area contributed by atoms with E-state index in [9.17, 15) is 17.6 Å². The van der Waals surface area contributed by atoms with Crippen molar-refractivity contribution in [2.24, 2.45) is 5.16 Å². The standard InChI is InChI=1S/C15H10ClF4NO.HNO2S/c1-9(21-22-12-5-3-11(17)4-6-12)13-8-10(16)2-7-14(13)15(18,19)20;1-4(2)3/h2-8H,1H3;1H/b21-9+;. The van der Waals surface area contributed by atoms with E-state index in [2.05, 4.69) is 5.16 Å². The highest BCUT2D eigenvalue weighted by molar-refractivity contribution is 7.60. The second-order valence-electron chi connectivity index (χ2n) is 4.64. The van der Waals surface area contributed by atoms with Gasteiger partial charge in [-0.05, 0) is 49.4 Å². The van der Waals surface area contributed by atoms with Crippen molar-refractivity contribution in [1.82, 2.24) is 0 Å². The molecule has 0 heterocycles. The van der Waals surface area contributed by atoms with Gasteiger partial charge in [0, 0.05) is 10.6 Å². The number of alkyl halides is 3. The average Bonchev–Trinajstić information content (AvgIpc) is 2.52. The summed E-state index contributed by atoms with van der Waals surface area (Å²) < 4.78 is 74.5. The lowest BCUT2D eigenvalue weighted by atomic mass is 10.0. The van der Waals surface area contributed by atoms with Crippen LogP contribution in [0.1, 0.15) is 18.1 Å². The molecular weight excluding hydrogens is 400 g/mol. The second kappa shape index (κ2) is 9.30.